The zero-order valence-corrected chi connectivity index (χ0v) is 6.83. The molecule has 0 saturated carbocycles. The number of benzene rings is 1. The molecule has 0 bridgehead atoms. The van der Waals surface area contributed by atoms with Gasteiger partial charge >= 0.3 is 0 Å². The molecule has 1 aromatic rings. The van der Waals surface area contributed by atoms with Crippen molar-refractivity contribution < 1.29 is 0 Å². The van der Waals surface area contributed by atoms with Crippen molar-refractivity contribution in [2.45, 2.75) is 0 Å². The van der Waals surface area contributed by atoms with Crippen molar-refractivity contribution in [1.29, 1.82) is 0 Å². The average molecular weight is 154 g/mol. The van der Waals surface area contributed by atoms with E-state index in [1.807, 2.05) is 36.4 Å². The fourth-order valence-electron chi connectivity index (χ4n) is 0.763. The summed E-state index contributed by atoms with van der Waals surface area (Å²) in [6.45, 7) is 3.55. The van der Waals surface area contributed by atoms with Gasteiger partial charge in [-0.2, -0.15) is 0 Å². The monoisotopic (exact) mass is 154 g/mol. The van der Waals surface area contributed by atoms with Crippen LogP contribution in [0.25, 0.3) is 0 Å². The van der Waals surface area contributed by atoms with Gasteiger partial charge in [-0.25, -0.2) is 0 Å². The smallest absolute Gasteiger partial charge is 0.0248 e. The first-order valence-corrected chi connectivity index (χ1v) is 3.77. The number of hydrogen-bond acceptors (Lipinski definition) is 0. The molecule has 0 aliphatic carbocycles. The molecule has 0 aliphatic rings. The maximum absolute atomic E-state index is 3.55. The fraction of sp³-hybridized carbons (Fsp3) is 0. The lowest BCUT2D eigenvalue weighted by Crippen LogP contribution is -1.68. The molecule has 0 heteroatoms. The third-order valence-corrected chi connectivity index (χ3v) is 1.31. The predicted molar refractivity (Wildman–Crippen MR) is 52.7 cm³/mol. The molecule has 0 aromatic heterocycles. The Morgan fingerprint density at radius 1 is 1.17 bits per heavy atom. The van der Waals surface area contributed by atoms with Crippen molar-refractivity contribution in [3.63, 3.8) is 0 Å². The van der Waals surface area contributed by atoms with Crippen LogP contribution < -0.4 is 0 Å². The van der Waals surface area contributed by atoms with E-state index < -0.39 is 0 Å². The molecule has 0 unspecified atom stereocenters. The molecule has 0 spiro atoms. The summed E-state index contributed by atoms with van der Waals surface area (Å²) in [6.07, 6.45) is 5.30. The highest BCUT2D eigenvalue weighted by Gasteiger charge is 1.78. The summed E-state index contributed by atoms with van der Waals surface area (Å²) in [4.78, 5) is 0. The Bertz CT molecular complexity index is 320. The fourth-order valence-corrected chi connectivity index (χ4v) is 0.763. The number of allylic oxidation sites excluding steroid dienone is 3. The molecule has 1 aromatic carbocycles. The molecular formula is C12H10. The van der Waals surface area contributed by atoms with Crippen LogP contribution in [0, 0.1) is 11.8 Å². The lowest BCUT2D eigenvalue weighted by atomic mass is 10.2. The Kier molecular flexibility index (Phi) is 3.47. The maximum atomic E-state index is 3.55. The van der Waals surface area contributed by atoms with Crippen LogP contribution >= 0.6 is 0 Å². The van der Waals surface area contributed by atoms with Gasteiger partial charge in [-0.1, -0.05) is 48.8 Å². The molecule has 0 N–H and O–H groups in total. The van der Waals surface area contributed by atoms with E-state index in [1.54, 1.807) is 12.2 Å². The Morgan fingerprint density at radius 3 is 2.58 bits per heavy atom. The summed E-state index contributed by atoms with van der Waals surface area (Å²) in [5, 5.41) is 0. The quantitative estimate of drug-likeness (QED) is 0.431. The van der Waals surface area contributed by atoms with Gasteiger partial charge in [0, 0.05) is 5.56 Å². The van der Waals surface area contributed by atoms with Crippen LogP contribution in [0.5, 0.6) is 0 Å². The minimum absolute atomic E-state index is 1.03. The second kappa shape index (κ2) is 4.98. The summed E-state index contributed by atoms with van der Waals surface area (Å²) >= 11 is 0. The topological polar surface area (TPSA) is 0 Å². The molecule has 12 heavy (non-hydrogen) atoms. The van der Waals surface area contributed by atoms with E-state index in [9.17, 15) is 0 Å². The summed E-state index contributed by atoms with van der Waals surface area (Å²) in [7, 11) is 0. The third kappa shape index (κ3) is 2.90. The first kappa shape index (κ1) is 8.36. The van der Waals surface area contributed by atoms with Gasteiger partial charge in [0.1, 0.15) is 0 Å². The Morgan fingerprint density at radius 2 is 1.92 bits per heavy atom. The molecule has 0 radical (unpaired) electrons. The van der Waals surface area contributed by atoms with Crippen molar-refractivity contribution in [2.24, 2.45) is 0 Å². The molecule has 0 fully saturated rings. The van der Waals surface area contributed by atoms with E-state index in [-0.39, 0.29) is 0 Å². The summed E-state index contributed by atoms with van der Waals surface area (Å²) < 4.78 is 0. The maximum Gasteiger partial charge on any atom is 0.0248 e. The van der Waals surface area contributed by atoms with Gasteiger partial charge in [0.05, 0.1) is 0 Å². The molecule has 1 rings (SSSR count). The zero-order chi connectivity index (χ0) is 8.65. The second-order valence-electron chi connectivity index (χ2n) is 2.23. The molecule has 0 nitrogen and oxygen atoms in total. The molecule has 0 saturated heterocycles. The average Bonchev–Trinajstić information content (AvgIpc) is 2.14. The van der Waals surface area contributed by atoms with Crippen LogP contribution in [-0.2, 0) is 0 Å². The van der Waals surface area contributed by atoms with Crippen molar-refractivity contribution >= 4 is 0 Å². The van der Waals surface area contributed by atoms with E-state index in [4.69, 9.17) is 0 Å². The van der Waals surface area contributed by atoms with Crippen LogP contribution in [0.15, 0.2) is 55.1 Å². The minimum Gasteiger partial charge on any atom is -0.0990 e. The third-order valence-electron chi connectivity index (χ3n) is 1.31. The van der Waals surface area contributed by atoms with Gasteiger partial charge < -0.3 is 0 Å². The molecule has 0 heterocycles. The van der Waals surface area contributed by atoms with Crippen LogP contribution in [0.3, 0.4) is 0 Å². The van der Waals surface area contributed by atoms with E-state index >= 15 is 0 Å². The molecule has 0 aliphatic heterocycles. The normalized spacial score (nSPS) is 9.00. The van der Waals surface area contributed by atoms with Crippen molar-refractivity contribution in [1.82, 2.24) is 0 Å². The largest absolute Gasteiger partial charge is 0.0990 e. The van der Waals surface area contributed by atoms with Crippen LogP contribution in [0.4, 0.5) is 0 Å². The predicted octanol–water partition coefficient (Wildman–Crippen LogP) is 2.78. The van der Waals surface area contributed by atoms with Crippen LogP contribution in [0.2, 0.25) is 0 Å². The summed E-state index contributed by atoms with van der Waals surface area (Å²) in [5.74, 6) is 5.90. The molecule has 0 atom stereocenters. The Hall–Kier alpha value is -1.74. The van der Waals surface area contributed by atoms with E-state index in [2.05, 4.69) is 18.4 Å². The Balaban J connectivity index is 2.67. The number of rotatable bonds is 1. The van der Waals surface area contributed by atoms with E-state index in [0.717, 1.165) is 5.56 Å². The lowest BCUT2D eigenvalue weighted by molar-refractivity contribution is 1.65. The van der Waals surface area contributed by atoms with E-state index in [1.165, 1.54) is 0 Å². The first-order chi connectivity index (χ1) is 5.93. The summed E-state index contributed by atoms with van der Waals surface area (Å²) in [6, 6.07) is 9.89. The van der Waals surface area contributed by atoms with Gasteiger partial charge in [0.15, 0.2) is 0 Å². The second-order valence-corrected chi connectivity index (χ2v) is 2.23. The van der Waals surface area contributed by atoms with Crippen molar-refractivity contribution in [3.8, 4) is 11.8 Å². The molecule has 0 amide bonds. The highest BCUT2D eigenvalue weighted by molar-refractivity contribution is 5.36. The van der Waals surface area contributed by atoms with Gasteiger partial charge in [0.25, 0.3) is 0 Å². The summed E-state index contributed by atoms with van der Waals surface area (Å²) in [5.41, 5.74) is 1.03. The van der Waals surface area contributed by atoms with Gasteiger partial charge in [-0.3, -0.25) is 0 Å². The lowest BCUT2D eigenvalue weighted by Gasteiger charge is -1.83. The number of hydrogen-bond donors (Lipinski definition) is 0. The van der Waals surface area contributed by atoms with E-state index in [0.29, 0.717) is 0 Å². The molecule has 58 valence electrons. The highest BCUT2D eigenvalue weighted by atomic mass is 13.8. The minimum atomic E-state index is 1.03. The molecular weight excluding hydrogens is 144 g/mol. The SMILES string of the molecule is C=C/C=C/C#Cc1ccccc1. The van der Waals surface area contributed by atoms with Crippen LogP contribution in [0.1, 0.15) is 5.56 Å². The van der Waals surface area contributed by atoms with Crippen molar-refractivity contribution in [2.75, 3.05) is 0 Å². The zero-order valence-electron chi connectivity index (χ0n) is 6.83. The van der Waals surface area contributed by atoms with Gasteiger partial charge in [-0.15, -0.1) is 0 Å². The van der Waals surface area contributed by atoms with Gasteiger partial charge in [0.2, 0.25) is 0 Å². The Labute approximate surface area is 73.2 Å². The first-order valence-electron chi connectivity index (χ1n) is 3.77. The van der Waals surface area contributed by atoms with Crippen LogP contribution in [-0.4, -0.2) is 0 Å². The van der Waals surface area contributed by atoms with Gasteiger partial charge in [-0.05, 0) is 18.2 Å². The standard InChI is InChI=1S/C12H10/c1-2-3-4-6-9-12-10-7-5-8-11-12/h2-5,7-8,10-11H,1H2/b4-3+. The van der Waals surface area contributed by atoms with Crippen molar-refractivity contribution in [3.05, 3.63) is 60.7 Å². The highest BCUT2D eigenvalue weighted by Crippen LogP contribution is 1.94.